The van der Waals surface area contributed by atoms with E-state index in [1.165, 1.54) is 0 Å². The molecule has 0 aliphatic heterocycles. The van der Waals surface area contributed by atoms with Gasteiger partial charge in [0.05, 0.1) is 6.10 Å². The highest BCUT2D eigenvalue weighted by Crippen LogP contribution is 2.19. The summed E-state index contributed by atoms with van der Waals surface area (Å²) in [7, 11) is 0. The van der Waals surface area contributed by atoms with Crippen LogP contribution in [-0.4, -0.2) is 6.10 Å². The van der Waals surface area contributed by atoms with E-state index in [-0.39, 0.29) is 6.10 Å². The lowest BCUT2D eigenvalue weighted by Gasteiger charge is -2.10. The van der Waals surface area contributed by atoms with Crippen LogP contribution in [0, 0.1) is 6.92 Å². The van der Waals surface area contributed by atoms with Crippen molar-refractivity contribution < 1.29 is 4.74 Å². The highest BCUT2D eigenvalue weighted by atomic mass is 16.5. The van der Waals surface area contributed by atoms with Crippen molar-refractivity contribution in [1.29, 1.82) is 0 Å². The molecule has 0 unspecified atom stereocenters. The monoisotopic (exact) mass is 165 g/mol. The van der Waals surface area contributed by atoms with Crippen molar-refractivity contribution in [2.24, 2.45) is 0 Å². The Labute approximate surface area is 73.3 Å². The molecule has 0 saturated carbocycles. The summed E-state index contributed by atoms with van der Waals surface area (Å²) in [5.74, 6) is 0.841. The number of hydrogen-bond donors (Lipinski definition) is 1. The second-order valence-corrected chi connectivity index (χ2v) is 3.19. The molecule has 2 heteroatoms. The summed E-state index contributed by atoms with van der Waals surface area (Å²) in [6.07, 6.45) is 0.201. The number of hydrogen-bond acceptors (Lipinski definition) is 2. The largest absolute Gasteiger partial charge is 0.491 e. The minimum atomic E-state index is 0.201. The summed E-state index contributed by atoms with van der Waals surface area (Å²) in [6.45, 7) is 5.97. The number of rotatable bonds is 2. The minimum absolute atomic E-state index is 0.201. The van der Waals surface area contributed by atoms with Crippen LogP contribution in [-0.2, 0) is 0 Å². The normalized spacial score (nSPS) is 10.3. The second kappa shape index (κ2) is 3.48. The van der Waals surface area contributed by atoms with Crippen molar-refractivity contribution in [3.05, 3.63) is 23.8 Å². The van der Waals surface area contributed by atoms with Crippen molar-refractivity contribution in [2.45, 2.75) is 26.9 Å². The predicted octanol–water partition coefficient (Wildman–Crippen LogP) is 2.36. The first-order valence-corrected chi connectivity index (χ1v) is 4.12. The molecule has 0 heterocycles. The molecule has 0 spiro atoms. The molecule has 1 aromatic rings. The highest BCUT2D eigenvalue weighted by Gasteiger charge is 1.99. The van der Waals surface area contributed by atoms with Crippen molar-refractivity contribution in [3.8, 4) is 5.75 Å². The zero-order valence-corrected chi connectivity index (χ0v) is 7.79. The van der Waals surface area contributed by atoms with E-state index in [0.29, 0.717) is 0 Å². The van der Waals surface area contributed by atoms with E-state index in [9.17, 15) is 0 Å². The summed E-state index contributed by atoms with van der Waals surface area (Å²) >= 11 is 0. The lowest BCUT2D eigenvalue weighted by Crippen LogP contribution is -2.05. The molecule has 0 aliphatic rings. The van der Waals surface area contributed by atoms with Gasteiger partial charge in [0.25, 0.3) is 0 Å². The summed E-state index contributed by atoms with van der Waals surface area (Å²) < 4.78 is 5.47. The van der Waals surface area contributed by atoms with Crippen molar-refractivity contribution in [2.75, 3.05) is 5.73 Å². The number of ether oxygens (including phenoxy) is 1. The molecule has 0 radical (unpaired) electrons. The molecule has 66 valence electrons. The third kappa shape index (κ3) is 2.16. The molecule has 0 aliphatic carbocycles. The van der Waals surface area contributed by atoms with Crippen molar-refractivity contribution >= 4 is 5.69 Å². The van der Waals surface area contributed by atoms with Crippen LogP contribution in [0.5, 0.6) is 5.75 Å². The third-order valence-electron chi connectivity index (χ3n) is 1.62. The van der Waals surface area contributed by atoms with Gasteiger partial charge in [-0.2, -0.15) is 0 Å². The van der Waals surface area contributed by atoms with E-state index < -0.39 is 0 Å². The molecule has 0 aromatic heterocycles. The Balaban J connectivity index is 2.82. The SMILES string of the molecule is Cc1ccc(OC(C)C)cc1N. The molecule has 0 amide bonds. The quantitative estimate of drug-likeness (QED) is 0.683. The summed E-state index contributed by atoms with van der Waals surface area (Å²) in [6, 6.07) is 5.76. The fourth-order valence-electron chi connectivity index (χ4n) is 0.964. The molecular formula is C10H15NO. The van der Waals surface area contributed by atoms with Gasteiger partial charge >= 0.3 is 0 Å². The molecule has 0 fully saturated rings. The summed E-state index contributed by atoms with van der Waals surface area (Å²) in [5.41, 5.74) is 7.59. The van der Waals surface area contributed by atoms with Gasteiger partial charge in [0.15, 0.2) is 0 Å². The minimum Gasteiger partial charge on any atom is -0.491 e. The first-order valence-electron chi connectivity index (χ1n) is 4.12. The van der Waals surface area contributed by atoms with Crippen molar-refractivity contribution in [3.63, 3.8) is 0 Å². The van der Waals surface area contributed by atoms with E-state index in [1.54, 1.807) is 0 Å². The number of nitrogen functional groups attached to an aromatic ring is 1. The van der Waals surface area contributed by atoms with E-state index >= 15 is 0 Å². The van der Waals surface area contributed by atoms with Crippen LogP contribution in [0.3, 0.4) is 0 Å². The first-order chi connectivity index (χ1) is 5.59. The lowest BCUT2D eigenvalue weighted by atomic mass is 10.2. The standard InChI is InChI=1S/C10H15NO/c1-7(2)12-9-5-4-8(3)10(11)6-9/h4-7H,11H2,1-3H3. The second-order valence-electron chi connectivity index (χ2n) is 3.19. The first kappa shape index (κ1) is 8.91. The van der Waals surface area contributed by atoms with Crippen molar-refractivity contribution in [1.82, 2.24) is 0 Å². The van der Waals surface area contributed by atoms with Gasteiger partial charge in [-0.1, -0.05) is 6.07 Å². The van der Waals surface area contributed by atoms with Gasteiger partial charge in [-0.25, -0.2) is 0 Å². The Morgan fingerprint density at radius 2 is 2.00 bits per heavy atom. The van der Waals surface area contributed by atoms with Gasteiger partial charge in [0.1, 0.15) is 5.75 Å². The Morgan fingerprint density at radius 1 is 1.33 bits per heavy atom. The smallest absolute Gasteiger partial charge is 0.121 e. The van der Waals surface area contributed by atoms with E-state index in [2.05, 4.69) is 0 Å². The topological polar surface area (TPSA) is 35.2 Å². The molecule has 0 bridgehead atoms. The van der Waals surface area contributed by atoms with Gasteiger partial charge in [-0.15, -0.1) is 0 Å². The molecule has 0 saturated heterocycles. The Kier molecular flexibility index (Phi) is 2.58. The lowest BCUT2D eigenvalue weighted by molar-refractivity contribution is 0.242. The Hall–Kier alpha value is -1.18. The van der Waals surface area contributed by atoms with Crippen LogP contribution in [0.4, 0.5) is 5.69 Å². The molecule has 1 aromatic carbocycles. The average molecular weight is 165 g/mol. The fraction of sp³-hybridized carbons (Fsp3) is 0.400. The maximum absolute atomic E-state index is 5.72. The summed E-state index contributed by atoms with van der Waals surface area (Å²) in [5, 5.41) is 0. The van der Waals surface area contributed by atoms with Crippen LogP contribution >= 0.6 is 0 Å². The highest BCUT2D eigenvalue weighted by molar-refractivity contribution is 5.50. The van der Waals surface area contributed by atoms with Gasteiger partial charge in [0.2, 0.25) is 0 Å². The van der Waals surface area contributed by atoms with Gasteiger partial charge < -0.3 is 10.5 Å². The zero-order chi connectivity index (χ0) is 9.14. The number of benzene rings is 1. The Morgan fingerprint density at radius 3 is 2.50 bits per heavy atom. The molecule has 2 nitrogen and oxygen atoms in total. The average Bonchev–Trinajstić information content (AvgIpc) is 1.96. The molecule has 12 heavy (non-hydrogen) atoms. The maximum Gasteiger partial charge on any atom is 0.121 e. The van der Waals surface area contributed by atoms with Crippen LogP contribution < -0.4 is 10.5 Å². The maximum atomic E-state index is 5.72. The van der Waals surface area contributed by atoms with Crippen LogP contribution in [0.1, 0.15) is 19.4 Å². The van der Waals surface area contributed by atoms with Crippen LogP contribution in [0.25, 0.3) is 0 Å². The fourth-order valence-corrected chi connectivity index (χ4v) is 0.964. The molecule has 0 atom stereocenters. The van der Waals surface area contributed by atoms with Crippen LogP contribution in [0.15, 0.2) is 18.2 Å². The van der Waals surface area contributed by atoms with E-state index in [0.717, 1.165) is 17.0 Å². The Bertz CT molecular complexity index is 269. The predicted molar refractivity (Wildman–Crippen MR) is 51.4 cm³/mol. The van der Waals surface area contributed by atoms with Gasteiger partial charge in [-0.05, 0) is 32.4 Å². The number of nitrogens with two attached hydrogens (primary N) is 1. The number of aryl methyl sites for hydroxylation is 1. The molecule has 1 rings (SSSR count). The third-order valence-corrected chi connectivity index (χ3v) is 1.62. The molecule has 2 N–H and O–H groups in total. The van der Waals surface area contributed by atoms with E-state index in [4.69, 9.17) is 10.5 Å². The summed E-state index contributed by atoms with van der Waals surface area (Å²) in [4.78, 5) is 0. The van der Waals surface area contributed by atoms with Gasteiger partial charge in [-0.3, -0.25) is 0 Å². The number of anilines is 1. The zero-order valence-electron chi connectivity index (χ0n) is 7.79. The van der Waals surface area contributed by atoms with Crippen LogP contribution in [0.2, 0.25) is 0 Å². The van der Waals surface area contributed by atoms with E-state index in [1.807, 2.05) is 39.0 Å². The van der Waals surface area contributed by atoms with Gasteiger partial charge in [0, 0.05) is 11.8 Å². The molecular weight excluding hydrogens is 150 g/mol.